The average molecular weight is 2140 g/mol. The third-order valence-electron chi connectivity index (χ3n) is 29.5. The quantitative estimate of drug-likeness (QED) is 0.0219. The van der Waals surface area contributed by atoms with Crippen LogP contribution in [-0.4, -0.2) is 29.1 Å². The van der Waals surface area contributed by atoms with E-state index in [0.717, 1.165) is 212 Å². The second kappa shape index (κ2) is 63.0. The molecule has 788 valence electrons. The van der Waals surface area contributed by atoms with Crippen LogP contribution in [0.5, 0.6) is 0 Å². The summed E-state index contributed by atoms with van der Waals surface area (Å²) >= 11 is 13.4. The molecule has 8 bridgehead atoms. The molecule has 2 N–H and O–H groups in total. The summed E-state index contributed by atoms with van der Waals surface area (Å²) in [7, 11) is 0. The van der Waals surface area contributed by atoms with Gasteiger partial charge in [-0.25, -0.2) is 30.2 Å². The van der Waals surface area contributed by atoms with Gasteiger partial charge in [0, 0.05) is 95.3 Å². The fourth-order valence-electron chi connectivity index (χ4n) is 21.3. The second-order valence-electron chi connectivity index (χ2n) is 41.0. The van der Waals surface area contributed by atoms with E-state index in [1.807, 2.05) is 83.5 Å². The molecular weight excluding hydrogens is 1980 g/mol. The Balaban J connectivity index is 0.982. The maximum absolute atomic E-state index is 14.0. The molecule has 0 aliphatic carbocycles. The number of hydrogen-bond acceptors (Lipinski definition) is 14. The predicted octanol–water partition coefficient (Wildman–Crippen LogP) is 37.2. The SMILES string of the molecule is [C-]#[N+]/C(C#N)=c1\s/c(=C\c2cc(CCCCCC)c(-c3ccc(-c4sc(CC#Cc5c6nc(c(C(CCCCCCCC)CCCCCCCCCC)c7ccc([nH]7)c(C#Cc7cc(CCCCCC)c(-c8ccc(-c9sc(/C=c%10\s/c(=C(\C#N)[N+]#[C-])n(CC)c%10=O)cc9CCCCCC)s8)s7)c7nc(c(C(CCCCCCCC)CCCCCCCCCC)c8ccc5[nH]8)C=C7)C=C6)cc4CCCCCC)s3)s2)c(=O)n1CC. The van der Waals surface area contributed by atoms with Gasteiger partial charge in [0.1, 0.15) is 9.33 Å². The number of aromatic amines is 2. The lowest BCUT2D eigenvalue weighted by Gasteiger charge is -2.19. The van der Waals surface area contributed by atoms with Gasteiger partial charge in [-0.1, -0.05) is 336 Å². The van der Waals surface area contributed by atoms with Gasteiger partial charge in [0.15, 0.2) is 0 Å². The molecule has 2 atom stereocenters. The molecule has 0 radical (unpaired) electrons. The number of aryl methyl sites for hydroxylation is 4. The number of aromatic nitrogens is 6. The fourth-order valence-corrected chi connectivity index (χ4v) is 30.7. The number of nitrogens with one attached hydrogen (secondary N) is 2. The van der Waals surface area contributed by atoms with Crippen molar-refractivity contribution in [1.82, 2.24) is 29.1 Å². The van der Waals surface area contributed by atoms with E-state index in [1.165, 1.54) is 293 Å². The maximum Gasteiger partial charge on any atom is 0.294 e. The summed E-state index contributed by atoms with van der Waals surface area (Å²) < 4.78 is 5.06. The van der Waals surface area contributed by atoms with E-state index in [0.29, 0.717) is 37.9 Å². The number of rotatable bonds is 63. The van der Waals surface area contributed by atoms with E-state index < -0.39 is 0 Å². The van der Waals surface area contributed by atoms with Crippen LogP contribution in [0, 0.1) is 59.5 Å². The van der Waals surface area contributed by atoms with Gasteiger partial charge in [-0.2, -0.15) is 0 Å². The zero-order valence-corrected chi connectivity index (χ0v) is 97.6. The van der Waals surface area contributed by atoms with Gasteiger partial charge in [0.2, 0.25) is 0 Å². The van der Waals surface area contributed by atoms with Crippen LogP contribution in [0.4, 0.5) is 0 Å². The molecule has 2 unspecified atom stereocenters. The lowest BCUT2D eigenvalue weighted by atomic mass is 9.87. The van der Waals surface area contributed by atoms with Crippen molar-refractivity contribution < 1.29 is 0 Å². The minimum Gasteiger partial charge on any atom is -0.354 e. The van der Waals surface area contributed by atoms with Crippen LogP contribution in [0.25, 0.3) is 119 Å². The van der Waals surface area contributed by atoms with Crippen LogP contribution in [0.1, 0.15) is 476 Å². The summed E-state index contributed by atoms with van der Waals surface area (Å²) in [5.74, 6) is 16.3. The third kappa shape index (κ3) is 32.9. The van der Waals surface area contributed by atoms with Crippen molar-refractivity contribution in [1.29, 1.82) is 10.5 Å². The van der Waals surface area contributed by atoms with E-state index in [-0.39, 0.29) is 34.3 Å². The highest BCUT2D eigenvalue weighted by Gasteiger charge is 2.27. The average Bonchev–Trinajstić information content (AvgIpc) is 1.63. The monoisotopic (exact) mass is 2140 g/mol. The Bertz CT molecular complexity index is 7090. The molecule has 0 spiro atoms. The first kappa shape index (κ1) is 116. The Labute approximate surface area is 923 Å². The molecule has 0 saturated heterocycles. The van der Waals surface area contributed by atoms with E-state index in [4.69, 9.17) is 23.1 Å². The summed E-state index contributed by atoms with van der Waals surface area (Å²) in [5.41, 5.74) is 17.2. The Hall–Kier alpha value is -9.78. The van der Waals surface area contributed by atoms with Gasteiger partial charge >= 0.3 is 0 Å². The van der Waals surface area contributed by atoms with Crippen molar-refractivity contribution in [2.45, 2.75) is 434 Å². The van der Waals surface area contributed by atoms with Crippen molar-refractivity contribution in [3.8, 4) is 74.8 Å². The molecule has 0 fully saturated rings. The van der Waals surface area contributed by atoms with Crippen molar-refractivity contribution in [2.24, 2.45) is 0 Å². The fraction of sp³-hybridized carbons (Fsp3) is 0.519. The molecule has 2 aliphatic heterocycles. The molecule has 0 saturated carbocycles. The van der Waals surface area contributed by atoms with Gasteiger partial charge in [0.05, 0.1) is 84.2 Å². The molecule has 20 heteroatoms. The highest BCUT2D eigenvalue weighted by atomic mass is 32.1. The first-order chi connectivity index (χ1) is 73.2. The second-order valence-corrected chi connectivity index (χ2v) is 49.6. The van der Waals surface area contributed by atoms with E-state index in [2.05, 4.69) is 196 Å². The van der Waals surface area contributed by atoms with Crippen LogP contribution in [0.15, 0.2) is 82.4 Å². The molecule has 13 rings (SSSR count). The molecule has 13 heterocycles. The van der Waals surface area contributed by atoms with Crippen LogP contribution >= 0.6 is 90.7 Å². The zero-order chi connectivity index (χ0) is 105. The van der Waals surface area contributed by atoms with Crippen molar-refractivity contribution >= 4 is 161 Å². The number of thiazole rings is 2. The van der Waals surface area contributed by atoms with E-state index in [9.17, 15) is 20.1 Å². The van der Waals surface area contributed by atoms with Gasteiger partial charge in [-0.15, -0.1) is 90.7 Å². The minimum absolute atomic E-state index is 0.0495. The molecule has 12 nitrogen and oxygen atoms in total. The standard InChI is InChI=1S/C129H162N10O2S8/c1-13-23-31-39-43-45-49-57-62-92(60-55-47-41-33-25-15-3)120-108-76-72-104(134-108)102(69-59-68-98-84-94(64-51-35-27-17-5)122(142-98)114-80-82-116(146-114)124-96(66-53-37-29-19-7)86-100(144-124)88-118-126(140)138(21-9)128(148-118)112(90-130)132-11)105-73-77-109(135-105)121(93(61-56-48-42-34-26-16-4)63-58-50-46-44-40-32-24-14-2)111-79-75-107(137-111)103(106-74-78-110(120)136-106)71-70-99-85-95(65-52-36-28-18-6)123(143-99)115-81-83-117(147-115)125-97(67-54-38-30-20-8)87-101(145-125)89-119-127(141)139(22-10)129(149-119)113(91-131)133-12/h72-89,92-93,134,137H,13-58,60-68H2,1-10H3/b104-102?,105-102?,106-103?,107-103?,118-88-,119-89-,120-108?,120-110?,121-109?,121-111?,128-112-,129-113+. The van der Waals surface area contributed by atoms with Crippen LogP contribution < -0.4 is 29.5 Å². The summed E-state index contributed by atoms with van der Waals surface area (Å²) in [5, 5.41) is 19.9. The smallest absolute Gasteiger partial charge is 0.294 e. The van der Waals surface area contributed by atoms with Crippen LogP contribution in [0.3, 0.4) is 0 Å². The first-order valence-electron chi connectivity index (χ1n) is 57.5. The van der Waals surface area contributed by atoms with Gasteiger partial charge in [-0.05, 0) is 234 Å². The van der Waals surface area contributed by atoms with Crippen LogP contribution in [0.2, 0.25) is 0 Å². The highest BCUT2D eigenvalue weighted by Crippen LogP contribution is 2.48. The zero-order valence-electron chi connectivity index (χ0n) is 91.1. The van der Waals surface area contributed by atoms with Gasteiger partial charge in [0.25, 0.3) is 22.5 Å². The molecule has 11 aromatic rings. The molecule has 11 aromatic heterocycles. The molecule has 2 aliphatic rings. The molecule has 149 heavy (non-hydrogen) atoms. The number of nitriles is 2. The predicted molar refractivity (Wildman–Crippen MR) is 650 cm³/mol. The normalized spacial score (nSPS) is 12.9. The van der Waals surface area contributed by atoms with E-state index >= 15 is 0 Å². The Morgan fingerprint density at radius 2 is 0.671 bits per heavy atom. The van der Waals surface area contributed by atoms with Crippen molar-refractivity contribution in [3.05, 3.63) is 222 Å². The molecule has 0 aromatic carbocycles. The largest absolute Gasteiger partial charge is 0.354 e. The molecular formula is C129H162N10O2S8. The van der Waals surface area contributed by atoms with Crippen molar-refractivity contribution in [2.75, 3.05) is 0 Å². The number of nitrogens with zero attached hydrogens (tertiary/aromatic N) is 8. The number of hydrogen-bond donors (Lipinski definition) is 2. The third-order valence-corrected chi connectivity index (χ3v) is 39.2. The lowest BCUT2D eigenvalue weighted by molar-refractivity contribution is 0.485. The summed E-state index contributed by atoms with van der Waals surface area (Å²) in [4.78, 5) is 69.9. The first-order valence-corrected chi connectivity index (χ1v) is 64.1. The minimum atomic E-state index is -0.164. The topological polar surface area (TPSA) is 158 Å². The van der Waals surface area contributed by atoms with Gasteiger partial charge < -0.3 is 19.1 Å². The molecule has 0 amide bonds. The van der Waals surface area contributed by atoms with Crippen molar-refractivity contribution in [3.63, 3.8) is 0 Å². The number of H-pyrrole nitrogens is 2. The van der Waals surface area contributed by atoms with Crippen LogP contribution in [-0.2, 0) is 45.2 Å². The number of unbranched alkanes of at least 4 members (excludes halogenated alkanes) is 36. The Morgan fingerprint density at radius 3 is 1.03 bits per heavy atom. The van der Waals surface area contributed by atoms with E-state index in [1.54, 1.807) is 31.8 Å². The highest BCUT2D eigenvalue weighted by molar-refractivity contribution is 7.28. The summed E-state index contributed by atoms with van der Waals surface area (Å²) in [6.45, 7) is 38.5. The Kier molecular flexibility index (Phi) is 49.2. The lowest BCUT2D eigenvalue weighted by Crippen LogP contribution is -2.31. The number of thiophene rings is 6. The maximum atomic E-state index is 14.0. The van der Waals surface area contributed by atoms with Gasteiger partial charge in [-0.3, -0.25) is 9.59 Å². The summed E-state index contributed by atoms with van der Waals surface area (Å²) in [6.07, 6.45) is 75.3. The number of fused-ring (bicyclic) bond motifs is 8. The summed E-state index contributed by atoms with van der Waals surface area (Å²) in [6, 6.07) is 32.2. The Morgan fingerprint density at radius 1 is 0.356 bits per heavy atom.